The maximum atomic E-state index is 12.0. The molecule has 0 saturated carbocycles. The Labute approximate surface area is 93.3 Å². The number of halogens is 1. The largest absolute Gasteiger partial charge is 0.356 e. The quantitative estimate of drug-likeness (QED) is 0.643. The second-order valence-corrected chi connectivity index (χ2v) is 4.24. The summed E-state index contributed by atoms with van der Waals surface area (Å²) in [4.78, 5) is 18.2. The van der Waals surface area contributed by atoms with E-state index in [0.29, 0.717) is 10.9 Å². The lowest BCUT2D eigenvalue weighted by Crippen LogP contribution is -2.03. The van der Waals surface area contributed by atoms with E-state index in [2.05, 4.69) is 25.9 Å². The summed E-state index contributed by atoms with van der Waals surface area (Å²) >= 11 is 3.39. The van der Waals surface area contributed by atoms with E-state index in [0.717, 1.165) is 15.5 Å². The molecule has 74 valence electrons. The zero-order valence-corrected chi connectivity index (χ0v) is 9.26. The van der Waals surface area contributed by atoms with Gasteiger partial charge in [0.1, 0.15) is 5.52 Å². The highest BCUT2D eigenvalue weighted by molar-refractivity contribution is 9.10. The fourth-order valence-corrected chi connectivity index (χ4v) is 2.17. The number of rotatable bonds is 0. The fourth-order valence-electron chi connectivity index (χ4n) is 1.76. The van der Waals surface area contributed by atoms with E-state index in [-0.39, 0.29) is 5.43 Å². The van der Waals surface area contributed by atoms with Gasteiger partial charge < -0.3 is 9.97 Å². The lowest BCUT2D eigenvalue weighted by molar-refractivity contribution is 1.44. The second-order valence-electron chi connectivity index (χ2n) is 3.39. The molecule has 2 aromatic heterocycles. The van der Waals surface area contributed by atoms with Crippen molar-refractivity contribution in [1.29, 1.82) is 0 Å². The van der Waals surface area contributed by atoms with Crippen LogP contribution in [0.2, 0.25) is 0 Å². The monoisotopic (exact) mass is 262 g/mol. The Bertz CT molecular complexity index is 711. The van der Waals surface area contributed by atoms with Crippen LogP contribution in [-0.2, 0) is 0 Å². The van der Waals surface area contributed by atoms with Gasteiger partial charge in [0.05, 0.1) is 9.99 Å². The van der Waals surface area contributed by atoms with Crippen LogP contribution in [0.3, 0.4) is 0 Å². The summed E-state index contributed by atoms with van der Waals surface area (Å²) in [6.07, 6.45) is 1.77. The molecule has 2 N–H and O–H groups in total. The average Bonchev–Trinajstić information content (AvgIpc) is 2.62. The normalized spacial score (nSPS) is 11.3. The molecule has 15 heavy (non-hydrogen) atoms. The van der Waals surface area contributed by atoms with Gasteiger partial charge in [-0.15, -0.1) is 0 Å². The van der Waals surface area contributed by atoms with Gasteiger partial charge in [0, 0.05) is 17.1 Å². The molecule has 0 unspecified atom stereocenters. The summed E-state index contributed by atoms with van der Waals surface area (Å²) in [6, 6.07) is 7.49. The second kappa shape index (κ2) is 2.97. The summed E-state index contributed by atoms with van der Waals surface area (Å²) in [5.41, 5.74) is 2.32. The molecule has 0 aliphatic heterocycles. The molecule has 0 bridgehead atoms. The molecule has 3 aromatic rings. The van der Waals surface area contributed by atoms with Crippen LogP contribution >= 0.6 is 15.9 Å². The van der Waals surface area contributed by atoms with Crippen molar-refractivity contribution in [3.63, 3.8) is 0 Å². The highest BCUT2D eigenvalue weighted by atomic mass is 79.9. The van der Waals surface area contributed by atoms with Gasteiger partial charge >= 0.3 is 0 Å². The van der Waals surface area contributed by atoms with Gasteiger partial charge in [-0.1, -0.05) is 12.1 Å². The molecule has 0 radical (unpaired) electrons. The zero-order chi connectivity index (χ0) is 10.4. The number of aromatic nitrogens is 2. The molecule has 2 heterocycles. The Kier molecular flexibility index (Phi) is 1.73. The topological polar surface area (TPSA) is 48.6 Å². The number of pyridine rings is 1. The summed E-state index contributed by atoms with van der Waals surface area (Å²) < 4.78 is 0.875. The summed E-state index contributed by atoms with van der Waals surface area (Å²) in [7, 11) is 0. The minimum atomic E-state index is 0.0325. The number of H-pyrrole nitrogens is 2. The molecule has 3 nitrogen and oxygen atoms in total. The SMILES string of the molecule is O=c1c2ccccc2[nH]c2c(Br)c[nH]c12. The van der Waals surface area contributed by atoms with E-state index in [4.69, 9.17) is 0 Å². The van der Waals surface area contributed by atoms with Gasteiger partial charge in [-0.05, 0) is 28.1 Å². The van der Waals surface area contributed by atoms with Crippen molar-refractivity contribution in [1.82, 2.24) is 9.97 Å². The Morgan fingerprint density at radius 2 is 1.93 bits per heavy atom. The van der Waals surface area contributed by atoms with E-state index in [1.165, 1.54) is 0 Å². The van der Waals surface area contributed by atoms with E-state index in [1.54, 1.807) is 6.20 Å². The van der Waals surface area contributed by atoms with Crippen molar-refractivity contribution in [3.05, 3.63) is 45.2 Å². The molecule has 0 fully saturated rings. The number of benzene rings is 1. The van der Waals surface area contributed by atoms with Crippen LogP contribution in [0.1, 0.15) is 0 Å². The molecule has 0 amide bonds. The van der Waals surface area contributed by atoms with Crippen LogP contribution in [-0.4, -0.2) is 9.97 Å². The Balaban J connectivity index is 2.68. The smallest absolute Gasteiger partial charge is 0.213 e. The maximum Gasteiger partial charge on any atom is 0.213 e. The van der Waals surface area contributed by atoms with E-state index < -0.39 is 0 Å². The number of nitrogens with one attached hydrogen (secondary N) is 2. The van der Waals surface area contributed by atoms with Gasteiger partial charge in [0.15, 0.2) is 0 Å². The molecule has 3 rings (SSSR count). The zero-order valence-electron chi connectivity index (χ0n) is 7.67. The first-order chi connectivity index (χ1) is 7.27. The molecular formula is C11H7BrN2O. The van der Waals surface area contributed by atoms with Crippen molar-refractivity contribution in [2.45, 2.75) is 0 Å². The first kappa shape index (κ1) is 8.73. The maximum absolute atomic E-state index is 12.0. The van der Waals surface area contributed by atoms with E-state index >= 15 is 0 Å². The molecular weight excluding hydrogens is 256 g/mol. The molecule has 0 spiro atoms. The number of hydrogen-bond donors (Lipinski definition) is 2. The van der Waals surface area contributed by atoms with Gasteiger partial charge in [-0.2, -0.15) is 0 Å². The molecule has 1 aromatic carbocycles. The molecule has 0 aliphatic carbocycles. The minimum absolute atomic E-state index is 0.0325. The predicted octanol–water partition coefficient (Wildman–Crippen LogP) is 2.77. The third kappa shape index (κ3) is 1.15. The highest BCUT2D eigenvalue weighted by Crippen LogP contribution is 2.21. The summed E-state index contributed by atoms with van der Waals surface area (Å²) in [6.45, 7) is 0. The molecule has 0 aliphatic rings. The van der Waals surface area contributed by atoms with E-state index in [1.807, 2.05) is 24.3 Å². The minimum Gasteiger partial charge on any atom is -0.356 e. The first-order valence-electron chi connectivity index (χ1n) is 4.55. The first-order valence-corrected chi connectivity index (χ1v) is 5.34. The summed E-state index contributed by atoms with van der Waals surface area (Å²) in [5, 5.41) is 0.708. The number of para-hydroxylation sites is 1. The van der Waals surface area contributed by atoms with Gasteiger partial charge in [0.2, 0.25) is 5.43 Å². The number of aromatic amines is 2. The van der Waals surface area contributed by atoms with Crippen LogP contribution < -0.4 is 5.43 Å². The predicted molar refractivity (Wildman–Crippen MR) is 64.1 cm³/mol. The Morgan fingerprint density at radius 3 is 2.80 bits per heavy atom. The van der Waals surface area contributed by atoms with E-state index in [9.17, 15) is 4.79 Å². The van der Waals surface area contributed by atoms with Crippen molar-refractivity contribution in [2.75, 3.05) is 0 Å². The fraction of sp³-hybridized carbons (Fsp3) is 0. The van der Waals surface area contributed by atoms with Crippen molar-refractivity contribution < 1.29 is 0 Å². The van der Waals surface area contributed by atoms with Crippen molar-refractivity contribution in [3.8, 4) is 0 Å². The number of hydrogen-bond acceptors (Lipinski definition) is 1. The molecule has 4 heteroatoms. The van der Waals surface area contributed by atoms with Crippen LogP contribution in [0.15, 0.2) is 39.7 Å². The van der Waals surface area contributed by atoms with Crippen molar-refractivity contribution in [2.24, 2.45) is 0 Å². The third-order valence-corrected chi connectivity index (χ3v) is 3.12. The third-order valence-electron chi connectivity index (χ3n) is 2.49. The average molecular weight is 263 g/mol. The Hall–Kier alpha value is -1.55. The van der Waals surface area contributed by atoms with Gasteiger partial charge in [-0.3, -0.25) is 4.79 Å². The highest BCUT2D eigenvalue weighted by Gasteiger charge is 2.08. The van der Waals surface area contributed by atoms with Crippen molar-refractivity contribution >= 4 is 37.9 Å². The van der Waals surface area contributed by atoms with Crippen LogP contribution in [0.25, 0.3) is 21.9 Å². The Morgan fingerprint density at radius 1 is 1.13 bits per heavy atom. The van der Waals surface area contributed by atoms with Gasteiger partial charge in [0.25, 0.3) is 0 Å². The van der Waals surface area contributed by atoms with Crippen LogP contribution in [0.5, 0.6) is 0 Å². The standard InChI is InChI=1S/C11H7BrN2O/c12-7-5-13-10-9(7)14-8-4-2-1-3-6(8)11(10)15/h1-5,13H,(H,14,15). The van der Waals surface area contributed by atoms with Crippen LogP contribution in [0.4, 0.5) is 0 Å². The lowest BCUT2D eigenvalue weighted by atomic mass is 10.2. The van der Waals surface area contributed by atoms with Gasteiger partial charge in [-0.25, -0.2) is 0 Å². The molecule has 0 atom stereocenters. The molecule has 0 saturated heterocycles. The van der Waals surface area contributed by atoms with Crippen LogP contribution in [0, 0.1) is 0 Å². The lowest BCUT2D eigenvalue weighted by Gasteiger charge is -1.98. The number of fused-ring (bicyclic) bond motifs is 2. The summed E-state index contributed by atoms with van der Waals surface area (Å²) in [5.74, 6) is 0.